The lowest BCUT2D eigenvalue weighted by atomic mass is 10.1. The summed E-state index contributed by atoms with van der Waals surface area (Å²) in [6.07, 6.45) is 1.80. The number of pyridine rings is 1. The zero-order chi connectivity index (χ0) is 16.5. The fraction of sp³-hybridized carbons (Fsp3) is 0.250. The van der Waals surface area contributed by atoms with Crippen LogP contribution in [0.2, 0.25) is 0 Å². The van der Waals surface area contributed by atoms with Crippen LogP contribution in [-0.4, -0.2) is 10.5 Å². The van der Waals surface area contributed by atoms with Crippen LogP contribution < -0.4 is 11.2 Å². The first-order chi connectivity index (χ1) is 10.9. The summed E-state index contributed by atoms with van der Waals surface area (Å²) in [4.78, 5) is 25.3. The lowest BCUT2D eigenvalue weighted by Gasteiger charge is -2.12. The molecular weight excluding hydrogens is 322 g/mol. The second-order valence-electron chi connectivity index (χ2n) is 5.81. The van der Waals surface area contributed by atoms with Crippen LogP contribution in [-0.2, 0) is 0 Å². The second-order valence-corrected chi connectivity index (χ2v) is 6.81. The zero-order valence-corrected chi connectivity index (χ0v) is 13.0. The molecule has 0 bridgehead atoms. The number of rotatable bonds is 2. The number of carbonyl (C=O) groups excluding carboxylic acids is 1. The molecule has 2 aromatic heterocycles. The Morgan fingerprint density at radius 1 is 1.30 bits per heavy atom. The fourth-order valence-electron chi connectivity index (χ4n) is 3.03. The molecule has 1 amide bonds. The standard InChI is InChI=1S/C16H12F2N2O2S/c1-6-12-13(21)8-4-9(17)10(18)5-11(8)20(7-2-3-7)16(12)23-14(6)15(19)22/h4-5,7H,2-3H2,1H3,(H2,19,22). The van der Waals surface area contributed by atoms with E-state index >= 15 is 0 Å². The van der Waals surface area contributed by atoms with Crippen molar-refractivity contribution in [2.45, 2.75) is 25.8 Å². The zero-order valence-electron chi connectivity index (χ0n) is 12.2. The molecule has 1 saturated carbocycles. The Kier molecular flexibility index (Phi) is 2.87. The van der Waals surface area contributed by atoms with Crippen LogP contribution in [0.3, 0.4) is 0 Å². The van der Waals surface area contributed by atoms with Crippen molar-refractivity contribution in [1.82, 2.24) is 4.57 Å². The van der Waals surface area contributed by atoms with Crippen molar-refractivity contribution >= 4 is 38.4 Å². The average Bonchev–Trinajstić information content (AvgIpc) is 3.25. The molecule has 2 heterocycles. The monoisotopic (exact) mass is 334 g/mol. The maximum atomic E-state index is 13.7. The quantitative estimate of drug-likeness (QED) is 0.782. The van der Waals surface area contributed by atoms with E-state index in [0.29, 0.717) is 26.2 Å². The van der Waals surface area contributed by atoms with E-state index in [4.69, 9.17) is 5.73 Å². The third-order valence-electron chi connectivity index (χ3n) is 4.25. The van der Waals surface area contributed by atoms with Crippen molar-refractivity contribution in [2.24, 2.45) is 5.73 Å². The number of primary amides is 1. The van der Waals surface area contributed by atoms with Gasteiger partial charge in [0.1, 0.15) is 4.83 Å². The van der Waals surface area contributed by atoms with Gasteiger partial charge in [-0.2, -0.15) is 0 Å². The van der Waals surface area contributed by atoms with Crippen LogP contribution >= 0.6 is 11.3 Å². The Hall–Kier alpha value is -2.28. The average molecular weight is 334 g/mol. The highest BCUT2D eigenvalue weighted by Gasteiger charge is 2.30. The highest BCUT2D eigenvalue weighted by Crippen LogP contribution is 2.42. The molecule has 2 N–H and O–H groups in total. The van der Waals surface area contributed by atoms with Crippen LogP contribution in [0.1, 0.15) is 34.1 Å². The molecular formula is C16H12F2N2O2S. The van der Waals surface area contributed by atoms with E-state index in [-0.39, 0.29) is 11.4 Å². The molecule has 118 valence electrons. The van der Waals surface area contributed by atoms with E-state index < -0.39 is 23.0 Å². The van der Waals surface area contributed by atoms with E-state index in [2.05, 4.69) is 0 Å². The molecule has 4 rings (SSSR count). The van der Waals surface area contributed by atoms with E-state index in [1.165, 1.54) is 0 Å². The number of carbonyl (C=O) groups is 1. The molecule has 4 nitrogen and oxygen atoms in total. The number of amides is 1. The number of nitrogens with two attached hydrogens (primary N) is 1. The minimum absolute atomic E-state index is 0.125. The van der Waals surface area contributed by atoms with Crippen molar-refractivity contribution in [3.63, 3.8) is 0 Å². The van der Waals surface area contributed by atoms with Crippen molar-refractivity contribution in [1.29, 1.82) is 0 Å². The molecule has 7 heteroatoms. The molecule has 0 spiro atoms. The highest BCUT2D eigenvalue weighted by molar-refractivity contribution is 7.20. The van der Waals surface area contributed by atoms with Gasteiger partial charge in [-0.15, -0.1) is 11.3 Å². The molecule has 0 saturated heterocycles. The van der Waals surface area contributed by atoms with E-state index in [1.807, 2.05) is 4.57 Å². The summed E-state index contributed by atoms with van der Waals surface area (Å²) >= 11 is 1.14. The molecule has 0 unspecified atom stereocenters. The SMILES string of the molecule is Cc1c(C(N)=O)sc2c1c(=O)c1cc(F)c(F)cc1n2C1CC1. The molecule has 0 atom stereocenters. The summed E-state index contributed by atoms with van der Waals surface area (Å²) in [5, 5.41) is 0.495. The topological polar surface area (TPSA) is 65.1 Å². The molecule has 1 aromatic carbocycles. The third-order valence-corrected chi connectivity index (χ3v) is 5.56. The summed E-state index contributed by atoms with van der Waals surface area (Å²) in [7, 11) is 0. The Labute approximate surface area is 133 Å². The lowest BCUT2D eigenvalue weighted by molar-refractivity contribution is 0.100. The van der Waals surface area contributed by atoms with Crippen molar-refractivity contribution in [3.05, 3.63) is 44.4 Å². The Morgan fingerprint density at radius 2 is 1.96 bits per heavy atom. The lowest BCUT2D eigenvalue weighted by Crippen LogP contribution is -2.12. The largest absolute Gasteiger partial charge is 0.365 e. The highest BCUT2D eigenvalue weighted by atomic mass is 32.1. The third kappa shape index (κ3) is 1.92. The number of hydrogen-bond acceptors (Lipinski definition) is 3. The summed E-state index contributed by atoms with van der Waals surface area (Å²) < 4.78 is 29.2. The predicted molar refractivity (Wildman–Crippen MR) is 85.0 cm³/mol. The number of aryl methyl sites for hydroxylation is 1. The van der Waals surface area contributed by atoms with Crippen molar-refractivity contribution in [3.8, 4) is 0 Å². The molecule has 0 aliphatic heterocycles. The van der Waals surface area contributed by atoms with Gasteiger partial charge in [0, 0.05) is 17.5 Å². The molecule has 0 radical (unpaired) electrons. The first-order valence-electron chi connectivity index (χ1n) is 7.16. The molecule has 1 aliphatic carbocycles. The maximum absolute atomic E-state index is 13.7. The maximum Gasteiger partial charge on any atom is 0.259 e. The fourth-order valence-corrected chi connectivity index (χ4v) is 4.27. The minimum atomic E-state index is -1.06. The number of benzene rings is 1. The van der Waals surface area contributed by atoms with E-state index in [0.717, 1.165) is 36.3 Å². The summed E-state index contributed by atoms with van der Waals surface area (Å²) in [6.45, 7) is 1.66. The number of thiophene rings is 1. The Bertz CT molecular complexity index is 1060. The van der Waals surface area contributed by atoms with Gasteiger partial charge in [-0.3, -0.25) is 9.59 Å². The molecule has 1 fully saturated rings. The van der Waals surface area contributed by atoms with Gasteiger partial charge in [-0.05, 0) is 31.4 Å². The molecule has 23 heavy (non-hydrogen) atoms. The van der Waals surface area contributed by atoms with Crippen LogP contribution in [0, 0.1) is 18.6 Å². The molecule has 1 aliphatic rings. The van der Waals surface area contributed by atoms with Gasteiger partial charge < -0.3 is 10.3 Å². The van der Waals surface area contributed by atoms with E-state index in [9.17, 15) is 18.4 Å². The van der Waals surface area contributed by atoms with E-state index in [1.54, 1.807) is 6.92 Å². The Morgan fingerprint density at radius 3 is 2.57 bits per heavy atom. The van der Waals surface area contributed by atoms with Gasteiger partial charge in [0.15, 0.2) is 17.1 Å². The number of halogens is 2. The van der Waals surface area contributed by atoms with Gasteiger partial charge in [0.25, 0.3) is 5.91 Å². The first kappa shape index (κ1) is 14.3. The van der Waals surface area contributed by atoms with Gasteiger partial charge >= 0.3 is 0 Å². The van der Waals surface area contributed by atoms with Crippen LogP contribution in [0.25, 0.3) is 21.1 Å². The number of fused-ring (bicyclic) bond motifs is 2. The predicted octanol–water partition coefficient (Wildman–Crippen LogP) is 3.24. The van der Waals surface area contributed by atoms with Crippen LogP contribution in [0.5, 0.6) is 0 Å². The van der Waals surface area contributed by atoms with Gasteiger partial charge in [-0.1, -0.05) is 0 Å². The normalized spacial score (nSPS) is 14.7. The van der Waals surface area contributed by atoms with Crippen molar-refractivity contribution in [2.75, 3.05) is 0 Å². The minimum Gasteiger partial charge on any atom is -0.365 e. The summed E-state index contributed by atoms with van der Waals surface area (Å²) in [6, 6.07) is 2.12. The van der Waals surface area contributed by atoms with Gasteiger partial charge in [0.05, 0.1) is 15.8 Å². The van der Waals surface area contributed by atoms with Crippen LogP contribution in [0.4, 0.5) is 8.78 Å². The Balaban J connectivity index is 2.28. The van der Waals surface area contributed by atoms with Crippen LogP contribution in [0.15, 0.2) is 16.9 Å². The van der Waals surface area contributed by atoms with Gasteiger partial charge in [0.2, 0.25) is 0 Å². The molecule has 3 aromatic rings. The smallest absolute Gasteiger partial charge is 0.259 e. The first-order valence-corrected chi connectivity index (χ1v) is 7.98. The number of nitrogens with zero attached hydrogens (tertiary/aromatic N) is 1. The number of hydrogen-bond donors (Lipinski definition) is 1. The number of aromatic nitrogens is 1. The second kappa shape index (κ2) is 4.61. The van der Waals surface area contributed by atoms with Crippen molar-refractivity contribution < 1.29 is 13.6 Å². The summed E-state index contributed by atoms with van der Waals surface area (Å²) in [5.41, 5.74) is 5.85. The summed E-state index contributed by atoms with van der Waals surface area (Å²) in [5.74, 6) is -2.65. The van der Waals surface area contributed by atoms with Gasteiger partial charge in [-0.25, -0.2) is 8.78 Å².